The number of carbonyl (C=O) groups excluding carboxylic acids is 1. The zero-order valence-electron chi connectivity index (χ0n) is 17.5. The van der Waals surface area contributed by atoms with E-state index < -0.39 is 0 Å². The van der Waals surface area contributed by atoms with Crippen molar-refractivity contribution in [3.63, 3.8) is 0 Å². The number of hydrogen-bond donors (Lipinski definition) is 2. The number of nitrogens with one attached hydrogen (secondary N) is 2. The molecule has 0 saturated carbocycles. The van der Waals surface area contributed by atoms with E-state index in [1.807, 2.05) is 49.7 Å². The minimum Gasteiger partial charge on any atom is -0.439 e. The van der Waals surface area contributed by atoms with Gasteiger partial charge in [0, 0.05) is 29.8 Å². The fourth-order valence-corrected chi connectivity index (χ4v) is 2.98. The van der Waals surface area contributed by atoms with Gasteiger partial charge in [-0.25, -0.2) is 19.7 Å². The molecule has 31 heavy (non-hydrogen) atoms. The van der Waals surface area contributed by atoms with E-state index in [9.17, 15) is 4.79 Å². The molecule has 4 aromatic rings. The third kappa shape index (κ3) is 4.87. The average Bonchev–Trinajstić information content (AvgIpc) is 3.18. The average molecular weight is 414 g/mol. The SMILES string of the molecule is Cc1ccc(NC(=O)Nc2ccc(Oc3cc(-n4ccnc4C)ncn3)cc2)cc1C. The number of nitrogens with zero attached hydrogens (tertiary/aromatic N) is 4. The van der Waals surface area contributed by atoms with Crippen LogP contribution in [0.15, 0.2) is 67.3 Å². The molecule has 0 aliphatic carbocycles. The number of hydrogen-bond acceptors (Lipinski definition) is 5. The molecule has 8 nitrogen and oxygen atoms in total. The number of aryl methyl sites for hydroxylation is 3. The molecule has 8 heteroatoms. The van der Waals surface area contributed by atoms with Crippen LogP contribution in [0.5, 0.6) is 11.6 Å². The maximum absolute atomic E-state index is 12.3. The first-order valence-electron chi connectivity index (χ1n) is 9.73. The summed E-state index contributed by atoms with van der Waals surface area (Å²) in [6.45, 7) is 5.93. The van der Waals surface area contributed by atoms with E-state index in [0.717, 1.165) is 17.1 Å². The second kappa shape index (κ2) is 8.66. The first-order chi connectivity index (χ1) is 15.0. The maximum Gasteiger partial charge on any atom is 0.323 e. The molecule has 0 unspecified atom stereocenters. The molecule has 0 aliphatic rings. The van der Waals surface area contributed by atoms with E-state index >= 15 is 0 Å². The van der Waals surface area contributed by atoms with E-state index in [0.29, 0.717) is 23.1 Å². The lowest BCUT2D eigenvalue weighted by atomic mass is 10.1. The third-order valence-electron chi connectivity index (χ3n) is 4.80. The molecule has 0 atom stereocenters. The second-order valence-electron chi connectivity index (χ2n) is 7.06. The number of rotatable bonds is 5. The van der Waals surface area contributed by atoms with Crippen molar-refractivity contribution in [3.05, 3.63) is 84.2 Å². The highest BCUT2D eigenvalue weighted by molar-refractivity contribution is 5.99. The maximum atomic E-state index is 12.3. The number of anilines is 2. The third-order valence-corrected chi connectivity index (χ3v) is 4.80. The first kappa shape index (κ1) is 20.1. The van der Waals surface area contributed by atoms with E-state index in [4.69, 9.17) is 4.74 Å². The molecule has 156 valence electrons. The van der Waals surface area contributed by atoms with Crippen molar-refractivity contribution in [1.82, 2.24) is 19.5 Å². The predicted molar refractivity (Wildman–Crippen MR) is 119 cm³/mol. The van der Waals surface area contributed by atoms with Crippen LogP contribution >= 0.6 is 0 Å². The molecule has 2 N–H and O–H groups in total. The molecule has 0 saturated heterocycles. The lowest BCUT2D eigenvalue weighted by Crippen LogP contribution is -2.19. The van der Waals surface area contributed by atoms with Crippen LogP contribution in [0.4, 0.5) is 16.2 Å². The Balaban J connectivity index is 1.39. The largest absolute Gasteiger partial charge is 0.439 e. The topological polar surface area (TPSA) is 94.0 Å². The van der Waals surface area contributed by atoms with Gasteiger partial charge in [0.1, 0.15) is 23.7 Å². The molecule has 2 aromatic heterocycles. The molecule has 2 amide bonds. The number of benzene rings is 2. The van der Waals surface area contributed by atoms with Crippen molar-refractivity contribution in [2.24, 2.45) is 0 Å². The highest BCUT2D eigenvalue weighted by atomic mass is 16.5. The smallest absolute Gasteiger partial charge is 0.323 e. The summed E-state index contributed by atoms with van der Waals surface area (Å²) in [5, 5.41) is 5.64. The Kier molecular flexibility index (Phi) is 5.61. The van der Waals surface area contributed by atoms with Crippen LogP contribution in [-0.2, 0) is 0 Å². The molecule has 0 spiro atoms. The highest BCUT2D eigenvalue weighted by Gasteiger charge is 2.07. The van der Waals surface area contributed by atoms with Gasteiger partial charge in [-0.1, -0.05) is 6.07 Å². The van der Waals surface area contributed by atoms with Gasteiger partial charge in [0.2, 0.25) is 5.88 Å². The Bertz CT molecular complexity index is 1220. The van der Waals surface area contributed by atoms with Crippen LogP contribution in [0.2, 0.25) is 0 Å². The Hall–Kier alpha value is -4.20. The Morgan fingerprint density at radius 1 is 0.871 bits per heavy atom. The van der Waals surface area contributed by atoms with Crippen molar-refractivity contribution in [3.8, 4) is 17.4 Å². The lowest BCUT2D eigenvalue weighted by molar-refractivity contribution is 0.262. The van der Waals surface area contributed by atoms with E-state index in [-0.39, 0.29) is 6.03 Å². The molecular formula is C23H22N6O2. The number of aromatic nitrogens is 4. The zero-order chi connectivity index (χ0) is 21.8. The molecule has 0 radical (unpaired) electrons. The fourth-order valence-electron chi connectivity index (χ4n) is 2.98. The summed E-state index contributed by atoms with van der Waals surface area (Å²) in [6.07, 6.45) is 4.97. The van der Waals surface area contributed by atoms with Crippen molar-refractivity contribution in [2.45, 2.75) is 20.8 Å². The monoisotopic (exact) mass is 414 g/mol. The van der Waals surface area contributed by atoms with Gasteiger partial charge in [0.15, 0.2) is 0 Å². The van der Waals surface area contributed by atoms with Gasteiger partial charge in [0.25, 0.3) is 0 Å². The van der Waals surface area contributed by atoms with E-state index in [1.54, 1.807) is 36.5 Å². The number of imidazole rings is 1. The van der Waals surface area contributed by atoms with Gasteiger partial charge in [-0.05, 0) is 68.3 Å². The van der Waals surface area contributed by atoms with Crippen molar-refractivity contribution in [1.29, 1.82) is 0 Å². The number of carbonyl (C=O) groups is 1. The van der Waals surface area contributed by atoms with Crippen molar-refractivity contribution >= 4 is 17.4 Å². The predicted octanol–water partition coefficient (Wildman–Crippen LogP) is 5.02. The number of ether oxygens (including phenoxy) is 1. The van der Waals surface area contributed by atoms with Crippen LogP contribution in [0.3, 0.4) is 0 Å². The zero-order valence-corrected chi connectivity index (χ0v) is 17.5. The van der Waals surface area contributed by atoms with Gasteiger partial charge in [0.05, 0.1) is 0 Å². The molecule has 0 bridgehead atoms. The van der Waals surface area contributed by atoms with E-state index in [2.05, 4.69) is 25.6 Å². The fraction of sp³-hybridized carbons (Fsp3) is 0.130. The molecule has 0 fully saturated rings. The normalized spacial score (nSPS) is 10.5. The minimum atomic E-state index is -0.312. The molecule has 2 heterocycles. The minimum absolute atomic E-state index is 0.312. The molecular weight excluding hydrogens is 392 g/mol. The van der Waals surface area contributed by atoms with Crippen molar-refractivity contribution < 1.29 is 9.53 Å². The molecule has 2 aromatic carbocycles. The summed E-state index contributed by atoms with van der Waals surface area (Å²) in [7, 11) is 0. The van der Waals surface area contributed by atoms with Gasteiger partial charge in [-0.2, -0.15) is 0 Å². The standard InChI is InChI=1S/C23H22N6O2/c1-15-4-5-19(12-16(15)2)28-23(30)27-18-6-8-20(9-7-18)31-22-13-21(25-14-26-22)29-11-10-24-17(29)3/h4-14H,1-3H3,(H2,27,28,30). The van der Waals surface area contributed by atoms with Crippen LogP contribution in [-0.4, -0.2) is 25.6 Å². The Morgan fingerprint density at radius 3 is 2.32 bits per heavy atom. The second-order valence-corrected chi connectivity index (χ2v) is 7.06. The number of urea groups is 1. The first-order valence-corrected chi connectivity index (χ1v) is 9.73. The molecule has 4 rings (SSSR count). The van der Waals surface area contributed by atoms with Crippen LogP contribution in [0.1, 0.15) is 17.0 Å². The lowest BCUT2D eigenvalue weighted by Gasteiger charge is -2.10. The number of amides is 2. The Labute approximate surface area is 180 Å². The summed E-state index contributed by atoms with van der Waals surface area (Å²) >= 11 is 0. The summed E-state index contributed by atoms with van der Waals surface area (Å²) in [6, 6.07) is 14.3. The van der Waals surface area contributed by atoms with Crippen LogP contribution in [0.25, 0.3) is 5.82 Å². The van der Waals surface area contributed by atoms with Gasteiger partial charge in [-0.15, -0.1) is 0 Å². The summed E-state index contributed by atoms with van der Waals surface area (Å²) in [5.41, 5.74) is 3.69. The summed E-state index contributed by atoms with van der Waals surface area (Å²) in [4.78, 5) is 24.9. The van der Waals surface area contributed by atoms with Crippen molar-refractivity contribution in [2.75, 3.05) is 10.6 Å². The quantitative estimate of drug-likeness (QED) is 0.478. The summed E-state index contributed by atoms with van der Waals surface area (Å²) < 4.78 is 7.67. The van der Waals surface area contributed by atoms with E-state index in [1.165, 1.54) is 11.9 Å². The summed E-state index contributed by atoms with van der Waals surface area (Å²) in [5.74, 6) is 2.49. The highest BCUT2D eigenvalue weighted by Crippen LogP contribution is 2.23. The van der Waals surface area contributed by atoms with Crippen LogP contribution in [0, 0.1) is 20.8 Å². The van der Waals surface area contributed by atoms with Crippen LogP contribution < -0.4 is 15.4 Å². The molecule has 0 aliphatic heterocycles. The van der Waals surface area contributed by atoms with Gasteiger partial charge in [-0.3, -0.25) is 4.57 Å². The Morgan fingerprint density at radius 2 is 1.61 bits per heavy atom. The van der Waals surface area contributed by atoms with Gasteiger partial charge >= 0.3 is 6.03 Å². The van der Waals surface area contributed by atoms with Gasteiger partial charge < -0.3 is 15.4 Å².